The van der Waals surface area contributed by atoms with Crippen molar-refractivity contribution in [2.75, 3.05) is 20.2 Å². The van der Waals surface area contributed by atoms with Crippen molar-refractivity contribution in [3.63, 3.8) is 0 Å². The van der Waals surface area contributed by atoms with Crippen LogP contribution in [-0.2, 0) is 11.3 Å². The van der Waals surface area contributed by atoms with Crippen molar-refractivity contribution in [1.29, 1.82) is 0 Å². The number of rotatable bonds is 6. The summed E-state index contributed by atoms with van der Waals surface area (Å²) < 4.78 is 11.5. The van der Waals surface area contributed by atoms with Crippen LogP contribution in [0.15, 0.2) is 18.2 Å². The molecule has 2 fully saturated rings. The van der Waals surface area contributed by atoms with Crippen molar-refractivity contribution >= 4 is 5.91 Å². The van der Waals surface area contributed by atoms with Crippen molar-refractivity contribution in [2.45, 2.75) is 51.7 Å². The molecule has 2 aliphatic rings. The second-order valence-electron chi connectivity index (χ2n) is 7.17. The number of amides is 1. The number of carbonyl (C=O) groups is 1. The molecule has 2 N–H and O–H groups in total. The van der Waals surface area contributed by atoms with Crippen LogP contribution in [0.4, 0.5) is 0 Å². The quantitative estimate of drug-likeness (QED) is 0.841. The number of hydrogen-bond donors (Lipinski definition) is 2. The van der Waals surface area contributed by atoms with Gasteiger partial charge in [0.1, 0.15) is 11.5 Å². The molecule has 1 saturated heterocycles. The topological polar surface area (TPSA) is 59.6 Å². The zero-order chi connectivity index (χ0) is 17.0. The molecule has 1 saturated carbocycles. The Labute approximate surface area is 144 Å². The zero-order valence-electron chi connectivity index (χ0n) is 14.7. The summed E-state index contributed by atoms with van der Waals surface area (Å²) in [5.41, 5.74) is 0.699. The van der Waals surface area contributed by atoms with Gasteiger partial charge in [-0.25, -0.2) is 0 Å². The van der Waals surface area contributed by atoms with E-state index in [2.05, 4.69) is 10.6 Å². The van der Waals surface area contributed by atoms with Gasteiger partial charge >= 0.3 is 0 Å². The van der Waals surface area contributed by atoms with Gasteiger partial charge in [-0.1, -0.05) is 0 Å². The molecule has 1 unspecified atom stereocenters. The van der Waals surface area contributed by atoms with E-state index >= 15 is 0 Å². The maximum atomic E-state index is 12.5. The second kappa shape index (κ2) is 7.43. The molecule has 1 atom stereocenters. The van der Waals surface area contributed by atoms with Crippen molar-refractivity contribution < 1.29 is 14.3 Å². The predicted octanol–water partition coefficient (Wildman–Crippen LogP) is 2.63. The molecule has 5 heteroatoms. The van der Waals surface area contributed by atoms with Crippen LogP contribution in [0.2, 0.25) is 0 Å². The van der Waals surface area contributed by atoms with Crippen molar-refractivity contribution in [2.24, 2.45) is 5.41 Å². The first kappa shape index (κ1) is 17.1. The fourth-order valence-corrected chi connectivity index (χ4v) is 3.50. The van der Waals surface area contributed by atoms with Gasteiger partial charge in [0.25, 0.3) is 0 Å². The van der Waals surface area contributed by atoms with Gasteiger partial charge in [0.2, 0.25) is 5.91 Å². The molecule has 0 spiro atoms. The minimum absolute atomic E-state index is 0.107. The van der Waals surface area contributed by atoms with E-state index in [-0.39, 0.29) is 17.4 Å². The van der Waals surface area contributed by atoms with Crippen LogP contribution in [0.1, 0.15) is 44.6 Å². The second-order valence-corrected chi connectivity index (χ2v) is 7.17. The average Bonchev–Trinajstić information content (AvgIpc) is 3.25. The Morgan fingerprint density at radius 2 is 2.17 bits per heavy atom. The van der Waals surface area contributed by atoms with Gasteiger partial charge in [0.15, 0.2) is 0 Å². The molecule has 1 amide bonds. The number of benzene rings is 1. The molecule has 1 aliphatic carbocycles. The van der Waals surface area contributed by atoms with Crippen molar-refractivity contribution in [1.82, 2.24) is 10.6 Å². The minimum atomic E-state index is -0.307. The Bertz CT molecular complexity index is 576. The third-order valence-electron chi connectivity index (χ3n) is 5.23. The fourth-order valence-electron chi connectivity index (χ4n) is 3.50. The lowest BCUT2D eigenvalue weighted by molar-refractivity contribution is -0.129. The lowest BCUT2D eigenvalue weighted by atomic mass is 9.89. The maximum absolute atomic E-state index is 12.5. The van der Waals surface area contributed by atoms with E-state index in [4.69, 9.17) is 9.47 Å². The Morgan fingerprint density at radius 1 is 1.38 bits per heavy atom. The van der Waals surface area contributed by atoms with Crippen LogP contribution >= 0.6 is 0 Å². The SMILES string of the molecule is COc1ccc(CNC(=O)C2(C)CCNC2)c(OC2CCCC2)c1. The third kappa shape index (κ3) is 3.83. The summed E-state index contributed by atoms with van der Waals surface area (Å²) in [4.78, 5) is 12.5. The predicted molar refractivity (Wildman–Crippen MR) is 93.3 cm³/mol. The Hall–Kier alpha value is -1.75. The summed E-state index contributed by atoms with van der Waals surface area (Å²) in [6, 6.07) is 5.83. The Kier molecular flexibility index (Phi) is 5.29. The molecule has 5 nitrogen and oxygen atoms in total. The van der Waals surface area contributed by atoms with E-state index in [0.29, 0.717) is 6.54 Å². The summed E-state index contributed by atoms with van der Waals surface area (Å²) in [5.74, 6) is 1.72. The number of nitrogens with one attached hydrogen (secondary N) is 2. The average molecular weight is 332 g/mol. The molecule has 3 rings (SSSR count). The summed E-state index contributed by atoms with van der Waals surface area (Å²) in [5, 5.41) is 6.35. The Balaban J connectivity index is 1.68. The van der Waals surface area contributed by atoms with E-state index < -0.39 is 0 Å². The van der Waals surface area contributed by atoms with Gasteiger partial charge in [-0.05, 0) is 57.7 Å². The summed E-state index contributed by atoms with van der Waals surface area (Å²) in [7, 11) is 1.66. The van der Waals surface area contributed by atoms with Gasteiger partial charge in [0.05, 0.1) is 18.6 Å². The standard InChI is InChI=1S/C19H28N2O3/c1-19(9-10-20-13-19)18(22)21-12-14-7-8-16(23-2)11-17(14)24-15-5-3-4-6-15/h7-8,11,15,20H,3-6,9-10,12-13H2,1-2H3,(H,21,22). The Morgan fingerprint density at radius 3 is 2.83 bits per heavy atom. The van der Waals surface area contributed by atoms with E-state index in [1.165, 1.54) is 12.8 Å². The molecule has 1 heterocycles. The highest BCUT2D eigenvalue weighted by Gasteiger charge is 2.36. The van der Waals surface area contributed by atoms with E-state index in [1.807, 2.05) is 25.1 Å². The van der Waals surface area contributed by atoms with Crippen LogP contribution in [-0.4, -0.2) is 32.2 Å². The highest BCUT2D eigenvalue weighted by molar-refractivity contribution is 5.82. The number of methoxy groups -OCH3 is 1. The van der Waals surface area contributed by atoms with Gasteiger partial charge < -0.3 is 20.1 Å². The van der Waals surface area contributed by atoms with Gasteiger partial charge in [0, 0.05) is 24.7 Å². The molecule has 1 aromatic carbocycles. The number of carbonyl (C=O) groups excluding carboxylic acids is 1. The first-order chi connectivity index (χ1) is 11.6. The highest BCUT2D eigenvalue weighted by Crippen LogP contribution is 2.30. The van der Waals surface area contributed by atoms with Crippen LogP contribution in [0, 0.1) is 5.41 Å². The minimum Gasteiger partial charge on any atom is -0.497 e. The number of ether oxygens (including phenoxy) is 2. The largest absolute Gasteiger partial charge is 0.497 e. The van der Waals surface area contributed by atoms with Crippen molar-refractivity contribution in [3.05, 3.63) is 23.8 Å². The van der Waals surface area contributed by atoms with Crippen LogP contribution in [0.25, 0.3) is 0 Å². The van der Waals surface area contributed by atoms with Crippen LogP contribution < -0.4 is 20.1 Å². The lowest BCUT2D eigenvalue weighted by Gasteiger charge is -2.22. The van der Waals surface area contributed by atoms with E-state index in [1.54, 1.807) is 7.11 Å². The molecule has 24 heavy (non-hydrogen) atoms. The molecular formula is C19H28N2O3. The normalized spacial score (nSPS) is 24.1. The first-order valence-electron chi connectivity index (χ1n) is 8.93. The maximum Gasteiger partial charge on any atom is 0.227 e. The molecule has 1 aliphatic heterocycles. The highest BCUT2D eigenvalue weighted by atomic mass is 16.5. The smallest absolute Gasteiger partial charge is 0.227 e. The van der Waals surface area contributed by atoms with E-state index in [0.717, 1.165) is 49.4 Å². The van der Waals surface area contributed by atoms with E-state index in [9.17, 15) is 4.79 Å². The third-order valence-corrected chi connectivity index (χ3v) is 5.23. The van der Waals surface area contributed by atoms with Crippen LogP contribution in [0.3, 0.4) is 0 Å². The zero-order valence-corrected chi connectivity index (χ0v) is 14.7. The van der Waals surface area contributed by atoms with Crippen molar-refractivity contribution in [3.8, 4) is 11.5 Å². The molecule has 0 radical (unpaired) electrons. The summed E-state index contributed by atoms with van der Waals surface area (Å²) in [6.07, 6.45) is 5.83. The molecule has 0 bridgehead atoms. The molecule has 0 aromatic heterocycles. The summed E-state index contributed by atoms with van der Waals surface area (Å²) in [6.45, 7) is 4.15. The molecule has 132 valence electrons. The summed E-state index contributed by atoms with van der Waals surface area (Å²) >= 11 is 0. The van der Waals surface area contributed by atoms with Gasteiger partial charge in [-0.3, -0.25) is 4.79 Å². The molecule has 1 aromatic rings. The fraction of sp³-hybridized carbons (Fsp3) is 0.632. The lowest BCUT2D eigenvalue weighted by Crippen LogP contribution is -2.40. The number of hydrogen-bond acceptors (Lipinski definition) is 4. The van der Waals surface area contributed by atoms with Gasteiger partial charge in [-0.2, -0.15) is 0 Å². The van der Waals surface area contributed by atoms with Gasteiger partial charge in [-0.15, -0.1) is 0 Å². The monoisotopic (exact) mass is 332 g/mol. The molecular weight excluding hydrogens is 304 g/mol. The van der Waals surface area contributed by atoms with Crippen LogP contribution in [0.5, 0.6) is 11.5 Å². The first-order valence-corrected chi connectivity index (χ1v) is 8.93.